The molecule has 1 aromatic carbocycles. The highest BCUT2D eigenvalue weighted by atomic mass is 16.6. The van der Waals surface area contributed by atoms with Crippen LogP contribution in [0.4, 0.5) is 4.79 Å². The molecule has 3 atom stereocenters. The monoisotopic (exact) mass is 477 g/mol. The first-order valence-corrected chi connectivity index (χ1v) is 11.5. The van der Waals surface area contributed by atoms with Crippen LogP contribution in [0.25, 0.3) is 0 Å². The molecule has 190 valence electrons. The molecule has 0 radical (unpaired) electrons. The zero-order valence-corrected chi connectivity index (χ0v) is 21.5. The normalized spacial score (nSPS) is 13.9. The quantitative estimate of drug-likeness (QED) is 0.500. The van der Waals surface area contributed by atoms with E-state index in [0.29, 0.717) is 12.0 Å². The van der Waals surface area contributed by atoms with Gasteiger partial charge in [-0.1, -0.05) is 51.1 Å². The number of hydrogen-bond donors (Lipinski definition) is 2. The van der Waals surface area contributed by atoms with Crippen molar-refractivity contribution in [1.29, 1.82) is 0 Å². The summed E-state index contributed by atoms with van der Waals surface area (Å²) in [5.74, 6) is -1.82. The number of alkyl carbamates (subject to hydrolysis) is 1. The predicted molar refractivity (Wildman–Crippen MR) is 129 cm³/mol. The third-order valence-corrected chi connectivity index (χ3v) is 5.20. The van der Waals surface area contributed by atoms with Gasteiger partial charge in [-0.25, -0.2) is 4.79 Å². The Kier molecular flexibility index (Phi) is 11.0. The lowest BCUT2D eigenvalue weighted by Gasteiger charge is -2.39. The van der Waals surface area contributed by atoms with E-state index in [-0.39, 0.29) is 18.5 Å². The van der Waals surface area contributed by atoms with Gasteiger partial charge in [0.15, 0.2) is 0 Å². The number of rotatable bonds is 10. The lowest BCUT2D eigenvalue weighted by Crippen LogP contribution is -2.57. The van der Waals surface area contributed by atoms with Gasteiger partial charge >= 0.3 is 12.1 Å². The molecule has 0 aromatic heterocycles. The van der Waals surface area contributed by atoms with Crippen molar-refractivity contribution in [3.05, 3.63) is 35.9 Å². The van der Waals surface area contributed by atoms with Crippen LogP contribution in [0, 0.1) is 5.92 Å². The number of esters is 1. The molecule has 0 aliphatic rings. The van der Waals surface area contributed by atoms with E-state index >= 15 is 0 Å². The number of carbonyl (C=O) groups is 4. The minimum atomic E-state index is -1.02. The maximum atomic E-state index is 13.9. The van der Waals surface area contributed by atoms with Crippen molar-refractivity contribution >= 4 is 23.9 Å². The number of ether oxygens (including phenoxy) is 2. The minimum absolute atomic E-state index is 0.277. The van der Waals surface area contributed by atoms with E-state index in [2.05, 4.69) is 15.4 Å². The largest absolute Gasteiger partial charge is 0.468 e. The highest BCUT2D eigenvalue weighted by Crippen LogP contribution is 2.27. The lowest BCUT2D eigenvalue weighted by atomic mass is 9.96. The number of nitrogens with zero attached hydrogens (tertiary/aromatic N) is 1. The molecule has 1 rings (SSSR count). The number of amides is 3. The molecular weight excluding hydrogens is 438 g/mol. The molecule has 9 heteroatoms. The van der Waals surface area contributed by atoms with Gasteiger partial charge in [0.25, 0.3) is 0 Å². The Morgan fingerprint density at radius 1 is 1.03 bits per heavy atom. The van der Waals surface area contributed by atoms with E-state index in [1.165, 1.54) is 12.0 Å². The van der Waals surface area contributed by atoms with Crippen LogP contribution in [0.15, 0.2) is 30.3 Å². The van der Waals surface area contributed by atoms with Crippen molar-refractivity contribution in [1.82, 2.24) is 15.5 Å². The van der Waals surface area contributed by atoms with Crippen molar-refractivity contribution in [2.45, 2.75) is 78.6 Å². The Hall–Kier alpha value is -3.10. The number of benzene rings is 1. The molecule has 3 unspecified atom stereocenters. The number of methoxy groups -OCH3 is 1. The van der Waals surface area contributed by atoms with Gasteiger partial charge in [-0.2, -0.15) is 0 Å². The third-order valence-electron chi connectivity index (χ3n) is 5.20. The maximum Gasteiger partial charge on any atom is 0.408 e. The SMILES string of the molecule is CCC(C)N(C(=O)C(NC(=O)OC(C)(C)C)C(C)C)C(C(=O)NCC(=O)OC)c1ccccc1. The van der Waals surface area contributed by atoms with Crippen LogP contribution in [0.2, 0.25) is 0 Å². The fraction of sp³-hybridized carbons (Fsp3) is 0.600. The van der Waals surface area contributed by atoms with Crippen molar-refractivity contribution < 1.29 is 28.7 Å². The van der Waals surface area contributed by atoms with Crippen molar-refractivity contribution in [3.63, 3.8) is 0 Å². The topological polar surface area (TPSA) is 114 Å². The van der Waals surface area contributed by atoms with Crippen molar-refractivity contribution in [3.8, 4) is 0 Å². The van der Waals surface area contributed by atoms with Gasteiger partial charge in [0.1, 0.15) is 24.2 Å². The number of hydrogen-bond acceptors (Lipinski definition) is 6. The summed E-state index contributed by atoms with van der Waals surface area (Å²) in [6, 6.07) is 6.56. The summed E-state index contributed by atoms with van der Waals surface area (Å²) in [4.78, 5) is 52.8. The molecule has 0 aliphatic heterocycles. The van der Waals surface area contributed by atoms with E-state index in [1.54, 1.807) is 45.0 Å². The Bertz CT molecular complexity index is 835. The van der Waals surface area contributed by atoms with Gasteiger partial charge in [0.05, 0.1) is 7.11 Å². The van der Waals surface area contributed by atoms with E-state index in [0.717, 1.165) is 0 Å². The molecule has 34 heavy (non-hydrogen) atoms. The average molecular weight is 478 g/mol. The van der Waals surface area contributed by atoms with Gasteiger partial charge in [-0.15, -0.1) is 0 Å². The molecule has 0 bridgehead atoms. The molecule has 3 amide bonds. The van der Waals surface area contributed by atoms with Crippen molar-refractivity contribution in [2.24, 2.45) is 5.92 Å². The zero-order chi connectivity index (χ0) is 26.1. The summed E-state index contributed by atoms with van der Waals surface area (Å²) < 4.78 is 9.97. The third kappa shape index (κ3) is 8.68. The predicted octanol–water partition coefficient (Wildman–Crippen LogP) is 3.19. The Morgan fingerprint density at radius 3 is 2.09 bits per heavy atom. The summed E-state index contributed by atoms with van der Waals surface area (Å²) in [5, 5.41) is 5.25. The minimum Gasteiger partial charge on any atom is -0.468 e. The summed E-state index contributed by atoms with van der Waals surface area (Å²) in [7, 11) is 1.23. The zero-order valence-electron chi connectivity index (χ0n) is 21.5. The fourth-order valence-corrected chi connectivity index (χ4v) is 3.31. The van der Waals surface area contributed by atoms with Crippen LogP contribution in [0.5, 0.6) is 0 Å². The second-order valence-corrected chi connectivity index (χ2v) is 9.48. The van der Waals surface area contributed by atoms with E-state index in [4.69, 9.17) is 4.74 Å². The molecule has 0 saturated carbocycles. The van der Waals surface area contributed by atoms with Gasteiger partial charge in [-0.3, -0.25) is 14.4 Å². The van der Waals surface area contributed by atoms with Crippen LogP contribution in [-0.2, 0) is 23.9 Å². The van der Waals surface area contributed by atoms with E-state index in [1.807, 2.05) is 33.8 Å². The molecule has 0 fully saturated rings. The van der Waals surface area contributed by atoms with Crippen LogP contribution in [-0.4, -0.2) is 60.1 Å². The number of carbonyl (C=O) groups excluding carboxylic acids is 4. The molecule has 2 N–H and O–H groups in total. The highest BCUT2D eigenvalue weighted by Gasteiger charge is 2.39. The molecule has 9 nitrogen and oxygen atoms in total. The first-order chi connectivity index (χ1) is 15.8. The van der Waals surface area contributed by atoms with Crippen LogP contribution >= 0.6 is 0 Å². The Morgan fingerprint density at radius 2 is 1.62 bits per heavy atom. The van der Waals surface area contributed by atoms with Gasteiger partial charge in [0.2, 0.25) is 11.8 Å². The molecule has 0 spiro atoms. The van der Waals surface area contributed by atoms with Crippen molar-refractivity contribution in [2.75, 3.05) is 13.7 Å². The second kappa shape index (κ2) is 13.0. The Balaban J connectivity index is 3.41. The van der Waals surface area contributed by atoms with Crippen LogP contribution < -0.4 is 10.6 Å². The summed E-state index contributed by atoms with van der Waals surface area (Å²) in [6.07, 6.45) is -0.147. The van der Waals surface area contributed by atoms with Gasteiger partial charge < -0.3 is 25.0 Å². The fourth-order valence-electron chi connectivity index (χ4n) is 3.31. The summed E-state index contributed by atoms with van der Waals surface area (Å²) >= 11 is 0. The van der Waals surface area contributed by atoms with Gasteiger partial charge in [-0.05, 0) is 45.6 Å². The maximum absolute atomic E-state index is 13.9. The van der Waals surface area contributed by atoms with E-state index < -0.39 is 41.6 Å². The first-order valence-electron chi connectivity index (χ1n) is 11.5. The molecular formula is C25H39N3O6. The number of nitrogens with one attached hydrogen (secondary N) is 2. The molecule has 1 aromatic rings. The van der Waals surface area contributed by atoms with Gasteiger partial charge in [0, 0.05) is 6.04 Å². The highest BCUT2D eigenvalue weighted by molar-refractivity contribution is 5.93. The smallest absolute Gasteiger partial charge is 0.408 e. The Labute approximate surface area is 202 Å². The summed E-state index contributed by atoms with van der Waals surface area (Å²) in [6.45, 7) is 12.2. The molecule has 0 aliphatic carbocycles. The summed E-state index contributed by atoms with van der Waals surface area (Å²) in [5.41, 5.74) is -0.149. The lowest BCUT2D eigenvalue weighted by molar-refractivity contribution is -0.147. The molecule has 0 heterocycles. The standard InChI is InChI=1S/C25H39N3O6/c1-9-17(4)28(23(31)20(16(2)3)27-24(32)34-25(5,6)7)21(18-13-11-10-12-14-18)22(30)26-15-19(29)33-8/h10-14,16-17,20-21H,9,15H2,1-8H3,(H,26,30)(H,27,32). The van der Waals surface area contributed by atoms with Crippen LogP contribution in [0.1, 0.15) is 66.5 Å². The van der Waals surface area contributed by atoms with Crippen LogP contribution in [0.3, 0.4) is 0 Å². The second-order valence-electron chi connectivity index (χ2n) is 9.48. The van der Waals surface area contributed by atoms with E-state index in [9.17, 15) is 19.2 Å². The first kappa shape index (κ1) is 28.9. The average Bonchev–Trinajstić information content (AvgIpc) is 2.77. The molecule has 0 saturated heterocycles.